The van der Waals surface area contributed by atoms with Gasteiger partial charge in [0.15, 0.2) is 23.3 Å². The highest BCUT2D eigenvalue weighted by Gasteiger charge is 2.23. The van der Waals surface area contributed by atoms with E-state index in [9.17, 15) is 46.6 Å². The summed E-state index contributed by atoms with van der Waals surface area (Å²) in [4.78, 5) is 69.6. The minimum absolute atomic E-state index is 0.0509. The van der Waals surface area contributed by atoms with Crippen LogP contribution in [-0.4, -0.2) is 82.9 Å². The molecule has 0 unspecified atom stereocenters. The van der Waals surface area contributed by atoms with E-state index in [0.29, 0.717) is 68.4 Å². The molecule has 0 bridgehead atoms. The predicted octanol–water partition coefficient (Wildman–Crippen LogP) is 10.5. The van der Waals surface area contributed by atoms with E-state index in [1.54, 1.807) is 42.6 Å². The summed E-state index contributed by atoms with van der Waals surface area (Å²) < 4.78 is 83.3. The summed E-state index contributed by atoms with van der Waals surface area (Å²) in [6.45, 7) is 5.36. The van der Waals surface area contributed by atoms with Gasteiger partial charge in [0.05, 0.1) is 88.1 Å². The first kappa shape index (κ1) is 59.4. The molecule has 12 aromatic rings. The number of nitrogen functional groups attached to an aromatic ring is 1. The average molecular weight is 1200 g/mol. The largest absolute Gasteiger partial charge is 0.394 e. The van der Waals surface area contributed by atoms with Crippen molar-refractivity contribution in [1.82, 2.24) is 73.0 Å². The number of aromatic nitrogens is 15. The number of nitrogens with zero attached hydrogens (tertiary/aromatic N) is 17. The first-order valence-corrected chi connectivity index (χ1v) is 25.4. The number of fused-ring (bicyclic) bond motifs is 3. The molecule has 0 saturated carbocycles. The van der Waals surface area contributed by atoms with Gasteiger partial charge in [-0.1, -0.05) is 11.6 Å². The van der Waals surface area contributed by atoms with Crippen molar-refractivity contribution in [3.8, 4) is 34.6 Å². The fourth-order valence-electron chi connectivity index (χ4n) is 7.83. The molecule has 6 N–H and O–H groups in total. The minimum atomic E-state index is -0.680. The van der Waals surface area contributed by atoms with Crippen LogP contribution in [0.1, 0.15) is 56.0 Å². The molecule has 12 aromatic heterocycles. The van der Waals surface area contributed by atoms with Crippen LogP contribution >= 0.6 is 11.6 Å². The Bertz CT molecular complexity index is 4410. The summed E-state index contributed by atoms with van der Waals surface area (Å²) in [5, 5.41) is 27.8. The molecule has 0 saturated heterocycles. The van der Waals surface area contributed by atoms with Gasteiger partial charge in [-0.05, 0) is 93.6 Å². The van der Waals surface area contributed by atoms with Crippen molar-refractivity contribution in [3.63, 3.8) is 0 Å². The standard InChI is InChI=1S/C18H13F2N7O2.C18H15F2N7.C11H5ClFN5O2.C7H9FN2/c1-10(13-4-2-11(19)6-21-13)24-18-15(27(28)29)8-23-17(25-18)14-7-22-16-5-3-12(20)9-26(14)16;1-10(14-4-2-11(19)6-22-14)25-17-13(21)7-24-18(26-17)15-8-23-16-5-3-12(20)9-27(15)16;12-10-7(18(19)20)3-15-11(16-10)8-4-14-9-2-1-6(13)5-17(8)9;1-5(9)7-3-2-6(8)4-10-7/h2-10H,1H3,(H,23,24,25);2-10H,21H2,1H3,(H,24,25,26);1-5H;2-5H,9H2,1H3/t2*10-;;5-/m11.1/s1. The Morgan fingerprint density at radius 3 is 1.20 bits per heavy atom. The Kier molecular flexibility index (Phi) is 17.9. The van der Waals surface area contributed by atoms with Crippen LogP contribution in [0.25, 0.3) is 51.5 Å². The molecular weight excluding hydrogens is 1160 g/mol. The van der Waals surface area contributed by atoms with Crippen LogP contribution in [0.3, 0.4) is 0 Å². The van der Waals surface area contributed by atoms with E-state index in [4.69, 9.17) is 23.1 Å². The van der Waals surface area contributed by atoms with Gasteiger partial charge in [0.2, 0.25) is 11.0 Å². The zero-order valence-electron chi connectivity index (χ0n) is 44.6. The second-order valence-electron chi connectivity index (χ2n) is 18.2. The van der Waals surface area contributed by atoms with Gasteiger partial charge in [0, 0.05) is 24.6 Å². The number of hydrogen-bond donors (Lipinski definition) is 4. The van der Waals surface area contributed by atoms with Gasteiger partial charge in [-0.3, -0.25) is 48.4 Å². The maximum absolute atomic E-state index is 13.6. The zero-order valence-corrected chi connectivity index (χ0v) is 45.4. The van der Waals surface area contributed by atoms with Gasteiger partial charge in [-0.15, -0.1) is 0 Å². The third-order valence-electron chi connectivity index (χ3n) is 12.1. The second-order valence-corrected chi connectivity index (χ2v) is 18.5. The van der Waals surface area contributed by atoms with Gasteiger partial charge in [0.25, 0.3) is 0 Å². The van der Waals surface area contributed by atoms with Crippen molar-refractivity contribution in [2.45, 2.75) is 38.9 Å². The van der Waals surface area contributed by atoms with E-state index < -0.39 is 50.7 Å². The molecule has 436 valence electrons. The molecule has 12 heterocycles. The quantitative estimate of drug-likeness (QED) is 0.0382. The Morgan fingerprint density at radius 2 is 0.814 bits per heavy atom. The first-order valence-electron chi connectivity index (χ1n) is 25.0. The third kappa shape index (κ3) is 14.0. The van der Waals surface area contributed by atoms with Crippen LogP contribution in [0.2, 0.25) is 5.15 Å². The minimum Gasteiger partial charge on any atom is -0.394 e. The molecule has 12 rings (SSSR count). The highest BCUT2D eigenvalue weighted by Crippen LogP contribution is 2.30. The van der Waals surface area contributed by atoms with E-state index >= 15 is 0 Å². The Hall–Kier alpha value is -11.2. The third-order valence-corrected chi connectivity index (χ3v) is 12.4. The Balaban J connectivity index is 0.000000144. The monoisotopic (exact) mass is 1200 g/mol. The number of anilines is 3. The Morgan fingerprint density at radius 1 is 0.453 bits per heavy atom. The molecule has 0 aliphatic rings. The molecule has 32 heteroatoms. The molecule has 0 aliphatic heterocycles. The predicted molar refractivity (Wildman–Crippen MR) is 301 cm³/mol. The SMILES string of the molecule is C[C@@H](N)c1ccc(F)cn1.C[C@@H](Nc1nc(-c2cnc3ccc(F)cn23)ncc1N)c1ccc(F)cn1.C[C@@H](Nc1nc(-c2cnc3ccc(F)cn23)ncc1[N+](=O)[O-])c1ccc(F)cn1.O=[N+]([O-])c1cnc(-c2cnc3ccc(F)cn23)nc1Cl. The number of halogens is 7. The summed E-state index contributed by atoms with van der Waals surface area (Å²) in [6, 6.07) is 16.1. The molecule has 3 atom stereocenters. The fraction of sp³-hybridized carbons (Fsp3) is 0.111. The molecule has 25 nitrogen and oxygen atoms in total. The molecule has 0 spiro atoms. The van der Waals surface area contributed by atoms with Crippen LogP contribution in [0, 0.1) is 55.1 Å². The van der Waals surface area contributed by atoms with Gasteiger partial charge in [-0.25, -0.2) is 71.2 Å². The first-order chi connectivity index (χ1) is 41.2. The van der Waals surface area contributed by atoms with Crippen molar-refractivity contribution >= 4 is 57.2 Å². The number of pyridine rings is 6. The van der Waals surface area contributed by atoms with Crippen molar-refractivity contribution in [2.24, 2.45) is 5.73 Å². The van der Waals surface area contributed by atoms with Crippen molar-refractivity contribution in [2.75, 3.05) is 16.4 Å². The number of nitrogens with two attached hydrogens (primary N) is 2. The van der Waals surface area contributed by atoms with E-state index in [0.717, 1.165) is 24.8 Å². The van der Waals surface area contributed by atoms with Gasteiger partial charge >= 0.3 is 11.4 Å². The lowest BCUT2D eigenvalue weighted by atomic mass is 10.2. The smallest absolute Gasteiger partial charge is 0.329 e. The van der Waals surface area contributed by atoms with Gasteiger partial charge in [0.1, 0.15) is 81.3 Å². The second kappa shape index (κ2) is 25.9. The van der Waals surface area contributed by atoms with E-state index in [-0.39, 0.29) is 46.2 Å². The summed E-state index contributed by atoms with van der Waals surface area (Å²) in [7, 11) is 0. The highest BCUT2D eigenvalue weighted by molar-refractivity contribution is 6.31. The van der Waals surface area contributed by atoms with E-state index in [2.05, 4.69) is 70.4 Å². The normalized spacial score (nSPS) is 12.0. The lowest BCUT2D eigenvalue weighted by molar-refractivity contribution is -0.385. The average Bonchev–Trinajstić information content (AvgIpc) is 4.25. The molecule has 0 radical (unpaired) electrons. The van der Waals surface area contributed by atoms with E-state index in [1.165, 1.54) is 107 Å². The molecule has 86 heavy (non-hydrogen) atoms. The summed E-state index contributed by atoms with van der Waals surface area (Å²) in [5.41, 5.74) is 15.7. The van der Waals surface area contributed by atoms with Crippen LogP contribution < -0.4 is 22.1 Å². The zero-order chi connectivity index (χ0) is 61.3. The summed E-state index contributed by atoms with van der Waals surface area (Å²) >= 11 is 5.73. The number of nitrogens with one attached hydrogen (secondary N) is 2. The highest BCUT2D eigenvalue weighted by atomic mass is 35.5. The lowest BCUT2D eigenvalue weighted by Gasteiger charge is -2.16. The Labute approximate surface area is 484 Å². The van der Waals surface area contributed by atoms with Crippen molar-refractivity contribution in [3.05, 3.63) is 225 Å². The summed E-state index contributed by atoms with van der Waals surface area (Å²) in [5.74, 6) is -1.63. The molecule has 0 amide bonds. The molecule has 0 aromatic carbocycles. The number of hydrogen-bond acceptors (Lipinski definition) is 20. The molecular formula is C54H42ClF6N21O4. The summed E-state index contributed by atoms with van der Waals surface area (Å²) in [6.07, 6.45) is 15.1. The van der Waals surface area contributed by atoms with Gasteiger partial charge < -0.3 is 22.1 Å². The van der Waals surface area contributed by atoms with Crippen LogP contribution in [0.4, 0.5) is 55.0 Å². The van der Waals surface area contributed by atoms with Crippen molar-refractivity contribution in [1.29, 1.82) is 0 Å². The number of nitro groups is 2. The number of imidazole rings is 3. The topological polar surface area (TPSA) is 330 Å². The number of rotatable bonds is 12. The maximum atomic E-state index is 13.6. The lowest BCUT2D eigenvalue weighted by Crippen LogP contribution is -2.12. The molecule has 0 fully saturated rings. The van der Waals surface area contributed by atoms with Crippen LogP contribution in [0.15, 0.2) is 147 Å². The van der Waals surface area contributed by atoms with Gasteiger partial charge in [-0.2, -0.15) is 0 Å². The van der Waals surface area contributed by atoms with E-state index in [1.807, 2.05) is 6.92 Å². The molecule has 0 aliphatic carbocycles. The van der Waals surface area contributed by atoms with Crippen LogP contribution in [-0.2, 0) is 0 Å². The van der Waals surface area contributed by atoms with Crippen LogP contribution in [0.5, 0.6) is 0 Å². The van der Waals surface area contributed by atoms with Crippen molar-refractivity contribution < 1.29 is 36.2 Å². The fourth-order valence-corrected chi connectivity index (χ4v) is 8.03. The maximum Gasteiger partial charge on any atom is 0.329 e.